The first-order valence-corrected chi connectivity index (χ1v) is 8.43. The van der Waals surface area contributed by atoms with Crippen molar-refractivity contribution in [1.82, 2.24) is 10.2 Å². The predicted octanol–water partition coefficient (Wildman–Crippen LogP) is 2.41. The van der Waals surface area contributed by atoms with Crippen molar-refractivity contribution in [2.24, 2.45) is 0 Å². The van der Waals surface area contributed by atoms with Crippen molar-refractivity contribution in [1.29, 1.82) is 0 Å². The molecule has 2 unspecified atom stereocenters. The highest BCUT2D eigenvalue weighted by Crippen LogP contribution is 2.20. The highest BCUT2D eigenvalue weighted by Gasteiger charge is 2.32. The maximum atomic E-state index is 12.5. The SMILES string of the molecule is CCCCC(NC(=O)C1CCCN1Cc1ccccc1)C(=O)O. The van der Waals surface area contributed by atoms with Crippen LogP contribution in [0.3, 0.4) is 0 Å². The molecule has 2 N–H and O–H groups in total. The maximum Gasteiger partial charge on any atom is 0.326 e. The van der Waals surface area contributed by atoms with Crippen LogP contribution in [0.2, 0.25) is 0 Å². The van der Waals surface area contributed by atoms with Crippen molar-refractivity contribution in [2.75, 3.05) is 6.54 Å². The van der Waals surface area contributed by atoms with E-state index in [0.717, 1.165) is 38.8 Å². The lowest BCUT2D eigenvalue weighted by molar-refractivity contribution is -0.142. The molecular weight excluding hydrogens is 292 g/mol. The molecule has 1 aliphatic rings. The lowest BCUT2D eigenvalue weighted by Gasteiger charge is -2.25. The predicted molar refractivity (Wildman–Crippen MR) is 89.0 cm³/mol. The Hall–Kier alpha value is -1.88. The van der Waals surface area contributed by atoms with Crippen LogP contribution in [0.1, 0.15) is 44.6 Å². The van der Waals surface area contributed by atoms with E-state index in [1.54, 1.807) is 0 Å². The largest absolute Gasteiger partial charge is 0.480 e. The molecule has 1 heterocycles. The third-order valence-electron chi connectivity index (χ3n) is 4.36. The molecule has 0 radical (unpaired) electrons. The maximum absolute atomic E-state index is 12.5. The number of carbonyl (C=O) groups is 2. The van der Waals surface area contributed by atoms with Gasteiger partial charge in [-0.25, -0.2) is 4.79 Å². The van der Waals surface area contributed by atoms with E-state index >= 15 is 0 Å². The normalized spacial score (nSPS) is 19.4. The summed E-state index contributed by atoms with van der Waals surface area (Å²) >= 11 is 0. The van der Waals surface area contributed by atoms with Crippen molar-refractivity contribution in [3.8, 4) is 0 Å². The van der Waals surface area contributed by atoms with E-state index in [1.165, 1.54) is 5.56 Å². The van der Waals surface area contributed by atoms with Gasteiger partial charge in [0.25, 0.3) is 0 Å². The van der Waals surface area contributed by atoms with Crippen molar-refractivity contribution in [3.05, 3.63) is 35.9 Å². The highest BCUT2D eigenvalue weighted by molar-refractivity contribution is 5.87. The first kappa shape index (κ1) is 17.5. The van der Waals surface area contributed by atoms with Gasteiger partial charge in [-0.3, -0.25) is 9.69 Å². The number of nitrogens with one attached hydrogen (secondary N) is 1. The Labute approximate surface area is 137 Å². The lowest BCUT2D eigenvalue weighted by Crippen LogP contribution is -2.49. The van der Waals surface area contributed by atoms with Crippen LogP contribution in [0.4, 0.5) is 0 Å². The van der Waals surface area contributed by atoms with Gasteiger partial charge in [-0.05, 0) is 31.4 Å². The molecule has 0 aromatic heterocycles. The lowest BCUT2D eigenvalue weighted by atomic mass is 10.1. The third kappa shape index (κ3) is 5.06. The van der Waals surface area contributed by atoms with E-state index in [4.69, 9.17) is 0 Å². The molecule has 126 valence electrons. The summed E-state index contributed by atoms with van der Waals surface area (Å²) < 4.78 is 0. The molecule has 1 saturated heterocycles. The molecule has 5 heteroatoms. The molecule has 0 saturated carbocycles. The number of amides is 1. The van der Waals surface area contributed by atoms with Crippen LogP contribution in [0.5, 0.6) is 0 Å². The number of benzene rings is 1. The smallest absolute Gasteiger partial charge is 0.326 e. The molecule has 1 aromatic carbocycles. The molecule has 1 amide bonds. The Kier molecular flexibility index (Phi) is 6.59. The van der Waals surface area contributed by atoms with Crippen LogP contribution in [-0.4, -0.2) is 40.5 Å². The number of hydrogen-bond acceptors (Lipinski definition) is 3. The number of carbonyl (C=O) groups excluding carboxylic acids is 1. The summed E-state index contributed by atoms with van der Waals surface area (Å²) in [5, 5.41) is 12.0. The van der Waals surface area contributed by atoms with Gasteiger partial charge in [-0.15, -0.1) is 0 Å². The zero-order valence-corrected chi connectivity index (χ0v) is 13.7. The summed E-state index contributed by atoms with van der Waals surface area (Å²) in [6, 6.07) is 9.06. The molecule has 1 aliphatic heterocycles. The summed E-state index contributed by atoms with van der Waals surface area (Å²) in [5.74, 6) is -1.10. The molecule has 1 fully saturated rings. The van der Waals surface area contributed by atoms with E-state index in [-0.39, 0.29) is 11.9 Å². The van der Waals surface area contributed by atoms with Gasteiger partial charge in [-0.1, -0.05) is 50.1 Å². The number of likely N-dealkylation sites (tertiary alicyclic amines) is 1. The van der Waals surface area contributed by atoms with Gasteiger partial charge in [-0.2, -0.15) is 0 Å². The van der Waals surface area contributed by atoms with E-state index in [0.29, 0.717) is 6.42 Å². The van der Waals surface area contributed by atoms with Crippen molar-refractivity contribution in [2.45, 2.75) is 57.7 Å². The summed E-state index contributed by atoms with van der Waals surface area (Å²) in [5.41, 5.74) is 1.17. The number of aliphatic carboxylic acids is 1. The van der Waals surface area contributed by atoms with Gasteiger partial charge in [0.2, 0.25) is 5.91 Å². The summed E-state index contributed by atoms with van der Waals surface area (Å²) in [7, 11) is 0. The summed E-state index contributed by atoms with van der Waals surface area (Å²) in [6.07, 6.45) is 3.97. The second-order valence-electron chi connectivity index (χ2n) is 6.16. The van der Waals surface area contributed by atoms with Gasteiger partial charge < -0.3 is 10.4 Å². The molecule has 5 nitrogen and oxygen atoms in total. The first-order valence-electron chi connectivity index (χ1n) is 8.43. The minimum Gasteiger partial charge on any atom is -0.480 e. The molecular formula is C18H26N2O3. The van der Waals surface area contributed by atoms with Crippen LogP contribution < -0.4 is 5.32 Å². The quantitative estimate of drug-likeness (QED) is 0.772. The van der Waals surface area contributed by atoms with Gasteiger partial charge in [0.05, 0.1) is 6.04 Å². The van der Waals surface area contributed by atoms with Crippen LogP contribution in [-0.2, 0) is 16.1 Å². The second-order valence-corrected chi connectivity index (χ2v) is 6.16. The summed E-state index contributed by atoms with van der Waals surface area (Å²) in [4.78, 5) is 26.0. The Balaban J connectivity index is 1.95. The number of unbranched alkanes of at least 4 members (excludes halogenated alkanes) is 1. The van der Waals surface area contributed by atoms with Crippen molar-refractivity contribution in [3.63, 3.8) is 0 Å². The molecule has 2 atom stereocenters. The van der Waals surface area contributed by atoms with E-state index in [1.807, 2.05) is 25.1 Å². The number of hydrogen-bond donors (Lipinski definition) is 2. The van der Waals surface area contributed by atoms with E-state index in [2.05, 4.69) is 22.3 Å². The zero-order valence-electron chi connectivity index (χ0n) is 13.7. The van der Waals surface area contributed by atoms with Crippen molar-refractivity contribution < 1.29 is 14.7 Å². The first-order chi connectivity index (χ1) is 11.1. The number of nitrogens with zero attached hydrogens (tertiary/aromatic N) is 1. The minimum atomic E-state index is -0.945. The van der Waals surface area contributed by atoms with Gasteiger partial charge in [0.15, 0.2) is 0 Å². The summed E-state index contributed by atoms with van der Waals surface area (Å²) in [6.45, 7) is 3.62. The van der Waals surface area contributed by atoms with Crippen LogP contribution in [0.25, 0.3) is 0 Å². The fraction of sp³-hybridized carbons (Fsp3) is 0.556. The Morgan fingerprint density at radius 2 is 2.09 bits per heavy atom. The van der Waals surface area contributed by atoms with Gasteiger partial charge in [0, 0.05) is 6.54 Å². The van der Waals surface area contributed by atoms with Crippen LogP contribution in [0.15, 0.2) is 30.3 Å². The van der Waals surface area contributed by atoms with Crippen LogP contribution >= 0.6 is 0 Å². The van der Waals surface area contributed by atoms with Gasteiger partial charge in [0.1, 0.15) is 6.04 Å². The zero-order chi connectivity index (χ0) is 16.7. The molecule has 0 bridgehead atoms. The molecule has 23 heavy (non-hydrogen) atoms. The molecule has 2 rings (SSSR count). The van der Waals surface area contributed by atoms with E-state index in [9.17, 15) is 14.7 Å². The van der Waals surface area contributed by atoms with Crippen LogP contribution in [0, 0.1) is 0 Å². The fourth-order valence-corrected chi connectivity index (χ4v) is 3.06. The standard InChI is InChI=1S/C18H26N2O3/c1-2-3-10-15(18(22)23)19-17(21)16-11-7-12-20(16)13-14-8-5-4-6-9-14/h4-6,8-9,15-16H,2-3,7,10-13H2,1H3,(H,19,21)(H,22,23). The average Bonchev–Trinajstić information content (AvgIpc) is 3.00. The minimum absolute atomic E-state index is 0.151. The average molecular weight is 318 g/mol. The molecule has 1 aromatic rings. The topological polar surface area (TPSA) is 69.6 Å². The monoisotopic (exact) mass is 318 g/mol. The number of carboxylic acids is 1. The fourth-order valence-electron chi connectivity index (χ4n) is 3.06. The number of rotatable bonds is 8. The Morgan fingerprint density at radius 1 is 1.35 bits per heavy atom. The Bertz CT molecular complexity index is 518. The van der Waals surface area contributed by atoms with E-state index < -0.39 is 12.0 Å². The number of carboxylic acid groups (broad SMARTS) is 1. The highest BCUT2D eigenvalue weighted by atomic mass is 16.4. The molecule has 0 aliphatic carbocycles. The van der Waals surface area contributed by atoms with Gasteiger partial charge >= 0.3 is 5.97 Å². The van der Waals surface area contributed by atoms with Crippen molar-refractivity contribution >= 4 is 11.9 Å². The Morgan fingerprint density at radius 3 is 2.74 bits per heavy atom. The molecule has 0 spiro atoms. The second kappa shape index (κ2) is 8.67. The third-order valence-corrected chi connectivity index (χ3v) is 4.36.